The van der Waals surface area contributed by atoms with Gasteiger partial charge in [0.2, 0.25) is 0 Å². The fourth-order valence-electron chi connectivity index (χ4n) is 1.45. The summed E-state index contributed by atoms with van der Waals surface area (Å²) in [5.41, 5.74) is 0.0396. The van der Waals surface area contributed by atoms with E-state index in [1.54, 1.807) is 0 Å². The molecule has 0 radical (unpaired) electrons. The van der Waals surface area contributed by atoms with Crippen molar-refractivity contribution in [1.29, 1.82) is 0 Å². The summed E-state index contributed by atoms with van der Waals surface area (Å²) in [6.45, 7) is 3.33. The summed E-state index contributed by atoms with van der Waals surface area (Å²) < 4.78 is 25.5. The van der Waals surface area contributed by atoms with Gasteiger partial charge in [0.25, 0.3) is 6.43 Å². The van der Waals surface area contributed by atoms with Crippen LogP contribution in [0.5, 0.6) is 0 Å². The predicted molar refractivity (Wildman–Crippen MR) is 56.1 cm³/mol. The van der Waals surface area contributed by atoms with Gasteiger partial charge in [-0.15, -0.1) is 5.10 Å². The lowest BCUT2D eigenvalue weighted by Crippen LogP contribution is -2.14. The third-order valence-corrected chi connectivity index (χ3v) is 2.31. The number of aromatic nitrogens is 3. The summed E-state index contributed by atoms with van der Waals surface area (Å²) in [7, 11) is 0. The zero-order valence-electron chi connectivity index (χ0n) is 9.73. The molecule has 5 nitrogen and oxygen atoms in total. The van der Waals surface area contributed by atoms with Gasteiger partial charge in [-0.25, -0.2) is 18.3 Å². The Morgan fingerprint density at radius 1 is 1.47 bits per heavy atom. The minimum atomic E-state index is -2.57. The molecule has 1 rings (SSSR count). The first kappa shape index (κ1) is 13.5. The van der Waals surface area contributed by atoms with E-state index in [-0.39, 0.29) is 11.4 Å². The molecule has 96 valence electrons. The van der Waals surface area contributed by atoms with Crippen LogP contribution in [0, 0.1) is 5.92 Å². The normalized spacial score (nSPS) is 11.4. The summed E-state index contributed by atoms with van der Waals surface area (Å²) in [5, 5.41) is 15.8. The van der Waals surface area contributed by atoms with Gasteiger partial charge >= 0.3 is 5.97 Å². The molecule has 0 aliphatic carbocycles. The number of carbonyl (C=O) groups is 1. The summed E-state index contributed by atoms with van der Waals surface area (Å²) >= 11 is 0. The smallest absolute Gasteiger partial charge is 0.358 e. The Bertz CT molecular complexity index is 391. The van der Waals surface area contributed by atoms with Gasteiger partial charge in [-0.1, -0.05) is 19.1 Å². The molecule has 0 fully saturated rings. The van der Waals surface area contributed by atoms with Crippen molar-refractivity contribution in [2.45, 2.75) is 39.7 Å². The SMILES string of the molecule is CC(C)CCc1c(C(=O)O)nnn1CC(F)F. The Labute approximate surface area is 97.4 Å². The number of carboxylic acid groups (broad SMARTS) is 1. The molecule has 0 spiro atoms. The van der Waals surface area contributed by atoms with Crippen molar-refractivity contribution in [1.82, 2.24) is 15.0 Å². The molecular weight excluding hydrogens is 232 g/mol. The van der Waals surface area contributed by atoms with E-state index in [1.807, 2.05) is 13.8 Å². The van der Waals surface area contributed by atoms with Gasteiger partial charge < -0.3 is 5.11 Å². The number of hydrogen-bond donors (Lipinski definition) is 1. The number of alkyl halides is 2. The van der Waals surface area contributed by atoms with E-state index < -0.39 is 18.9 Å². The third-order valence-electron chi connectivity index (χ3n) is 2.31. The van der Waals surface area contributed by atoms with Gasteiger partial charge in [-0.05, 0) is 18.8 Å². The Morgan fingerprint density at radius 3 is 2.59 bits per heavy atom. The Kier molecular flexibility index (Phi) is 4.53. The average Bonchev–Trinajstić information content (AvgIpc) is 2.57. The van der Waals surface area contributed by atoms with E-state index in [1.165, 1.54) is 0 Å². The van der Waals surface area contributed by atoms with Crippen molar-refractivity contribution in [3.63, 3.8) is 0 Å². The molecule has 0 saturated carbocycles. The van der Waals surface area contributed by atoms with Crippen LogP contribution in [0.25, 0.3) is 0 Å². The summed E-state index contributed by atoms with van der Waals surface area (Å²) in [6, 6.07) is 0. The molecule has 0 aromatic carbocycles. The van der Waals surface area contributed by atoms with Gasteiger partial charge in [0.15, 0.2) is 5.69 Å². The van der Waals surface area contributed by atoms with Gasteiger partial charge in [0.05, 0.1) is 5.69 Å². The van der Waals surface area contributed by atoms with Crippen LogP contribution in [0.4, 0.5) is 8.78 Å². The van der Waals surface area contributed by atoms with E-state index >= 15 is 0 Å². The van der Waals surface area contributed by atoms with Crippen LogP contribution >= 0.6 is 0 Å². The standard InChI is InChI=1S/C10H15F2N3O2/c1-6(2)3-4-7-9(10(16)17)13-14-15(7)5-8(11)12/h6,8H,3-5H2,1-2H3,(H,16,17). The molecule has 0 saturated heterocycles. The molecule has 1 heterocycles. The molecule has 0 aliphatic rings. The number of nitrogens with zero attached hydrogens (tertiary/aromatic N) is 3. The lowest BCUT2D eigenvalue weighted by Gasteiger charge is -2.08. The van der Waals surface area contributed by atoms with Gasteiger partial charge in [-0.3, -0.25) is 0 Å². The molecule has 0 aliphatic heterocycles. The molecule has 1 aromatic rings. The maximum Gasteiger partial charge on any atom is 0.358 e. The number of halogens is 2. The number of aromatic carboxylic acids is 1. The Hall–Kier alpha value is -1.53. The van der Waals surface area contributed by atoms with E-state index in [2.05, 4.69) is 10.3 Å². The summed E-state index contributed by atoms with van der Waals surface area (Å²) in [6.07, 6.45) is -1.48. The lowest BCUT2D eigenvalue weighted by atomic mass is 10.1. The van der Waals surface area contributed by atoms with Gasteiger partial charge in [-0.2, -0.15) is 0 Å². The van der Waals surface area contributed by atoms with Gasteiger partial charge in [0, 0.05) is 0 Å². The number of hydrogen-bond acceptors (Lipinski definition) is 3. The number of carboxylic acids is 1. The van der Waals surface area contributed by atoms with Crippen molar-refractivity contribution >= 4 is 5.97 Å². The van der Waals surface area contributed by atoms with Crippen molar-refractivity contribution in [2.75, 3.05) is 0 Å². The van der Waals surface area contributed by atoms with Crippen molar-refractivity contribution in [2.24, 2.45) is 5.92 Å². The first-order valence-electron chi connectivity index (χ1n) is 5.35. The molecule has 0 atom stereocenters. The van der Waals surface area contributed by atoms with E-state index in [0.717, 1.165) is 4.68 Å². The van der Waals surface area contributed by atoms with E-state index in [4.69, 9.17) is 5.11 Å². The van der Waals surface area contributed by atoms with E-state index in [0.29, 0.717) is 18.8 Å². The van der Waals surface area contributed by atoms with Crippen LogP contribution in [0.15, 0.2) is 0 Å². The van der Waals surface area contributed by atoms with Crippen LogP contribution in [0.3, 0.4) is 0 Å². The largest absolute Gasteiger partial charge is 0.476 e. The molecule has 0 amide bonds. The van der Waals surface area contributed by atoms with Crippen molar-refractivity contribution < 1.29 is 18.7 Å². The van der Waals surface area contributed by atoms with Crippen molar-refractivity contribution in [3.8, 4) is 0 Å². The zero-order valence-corrected chi connectivity index (χ0v) is 9.73. The monoisotopic (exact) mass is 247 g/mol. The fourth-order valence-corrected chi connectivity index (χ4v) is 1.45. The highest BCUT2D eigenvalue weighted by Crippen LogP contribution is 2.13. The molecule has 1 N–H and O–H groups in total. The lowest BCUT2D eigenvalue weighted by molar-refractivity contribution is 0.0688. The highest BCUT2D eigenvalue weighted by molar-refractivity contribution is 5.86. The third kappa shape index (κ3) is 3.76. The van der Waals surface area contributed by atoms with Crippen LogP contribution < -0.4 is 0 Å². The first-order chi connectivity index (χ1) is 7.91. The van der Waals surface area contributed by atoms with E-state index in [9.17, 15) is 13.6 Å². The van der Waals surface area contributed by atoms with Crippen LogP contribution in [-0.2, 0) is 13.0 Å². The molecule has 7 heteroatoms. The quantitative estimate of drug-likeness (QED) is 0.832. The summed E-state index contributed by atoms with van der Waals surface area (Å²) in [5.74, 6) is -0.879. The topological polar surface area (TPSA) is 68.0 Å². The minimum Gasteiger partial charge on any atom is -0.476 e. The second kappa shape index (κ2) is 5.70. The highest BCUT2D eigenvalue weighted by atomic mass is 19.3. The summed E-state index contributed by atoms with van der Waals surface area (Å²) in [4.78, 5) is 10.9. The molecular formula is C10H15F2N3O2. The predicted octanol–water partition coefficient (Wildman–Crippen LogP) is 1.83. The number of rotatable bonds is 6. The van der Waals surface area contributed by atoms with Crippen molar-refractivity contribution in [3.05, 3.63) is 11.4 Å². The molecule has 17 heavy (non-hydrogen) atoms. The Balaban J connectivity index is 2.93. The second-order valence-corrected chi connectivity index (χ2v) is 4.20. The van der Waals surface area contributed by atoms with Crippen LogP contribution in [0.1, 0.15) is 36.5 Å². The molecule has 0 unspecified atom stereocenters. The average molecular weight is 247 g/mol. The molecule has 0 bridgehead atoms. The first-order valence-corrected chi connectivity index (χ1v) is 5.35. The maximum atomic E-state index is 12.3. The van der Waals surface area contributed by atoms with Gasteiger partial charge in [0.1, 0.15) is 6.54 Å². The maximum absolute atomic E-state index is 12.3. The van der Waals surface area contributed by atoms with Crippen LogP contribution in [-0.4, -0.2) is 32.5 Å². The Morgan fingerprint density at radius 2 is 2.12 bits per heavy atom. The highest BCUT2D eigenvalue weighted by Gasteiger charge is 2.20. The molecule has 1 aromatic heterocycles. The fraction of sp³-hybridized carbons (Fsp3) is 0.700. The second-order valence-electron chi connectivity index (χ2n) is 4.20. The zero-order chi connectivity index (χ0) is 13.0. The van der Waals surface area contributed by atoms with Crippen LogP contribution in [0.2, 0.25) is 0 Å². The minimum absolute atomic E-state index is 0.230.